The minimum atomic E-state index is -0.519. The maximum absolute atomic E-state index is 12.1. The van der Waals surface area contributed by atoms with Crippen molar-refractivity contribution in [1.29, 1.82) is 0 Å². The zero-order valence-corrected chi connectivity index (χ0v) is 17.2. The Bertz CT molecular complexity index is 982. The van der Waals surface area contributed by atoms with E-state index in [0.29, 0.717) is 29.8 Å². The Labute approximate surface area is 173 Å². The lowest BCUT2D eigenvalue weighted by Gasteiger charge is -2.08. The first-order valence-corrected chi connectivity index (χ1v) is 10.2. The molecule has 2 aromatic carbocycles. The summed E-state index contributed by atoms with van der Waals surface area (Å²) in [5.74, 6) is 0.279. The maximum Gasteiger partial charge on any atom is 0.361 e. The van der Waals surface area contributed by atoms with E-state index in [1.165, 1.54) is 16.7 Å². The molecular formula is C22H23NO5S. The summed E-state index contributed by atoms with van der Waals surface area (Å²) >= 11 is 1.30. The molecule has 3 aromatic rings. The molecular weight excluding hydrogens is 390 g/mol. The summed E-state index contributed by atoms with van der Waals surface area (Å²) in [4.78, 5) is 17.7. The largest absolute Gasteiger partial charge is 0.490 e. The Kier molecular flexibility index (Phi) is 7.47. The van der Waals surface area contributed by atoms with Crippen LogP contribution in [0, 0.1) is 0 Å². The number of oxime groups is 1. The second-order valence-electron chi connectivity index (χ2n) is 5.90. The Morgan fingerprint density at radius 3 is 2.52 bits per heavy atom. The molecule has 1 aromatic heterocycles. The smallest absolute Gasteiger partial charge is 0.361 e. The average molecular weight is 413 g/mol. The van der Waals surface area contributed by atoms with E-state index in [1.54, 1.807) is 26.0 Å². The number of thiophene rings is 1. The SMILES string of the molecule is CCON=C(C(=O)OCC)c1ccc(OCCOc2ccc3ccccc3c2)s1. The summed E-state index contributed by atoms with van der Waals surface area (Å²) in [6, 6.07) is 17.7. The van der Waals surface area contributed by atoms with Gasteiger partial charge in [-0.3, -0.25) is 0 Å². The van der Waals surface area contributed by atoms with Crippen molar-refractivity contribution in [3.8, 4) is 10.8 Å². The van der Waals surface area contributed by atoms with Crippen molar-refractivity contribution in [3.05, 3.63) is 59.5 Å². The highest BCUT2D eigenvalue weighted by Gasteiger charge is 2.19. The highest BCUT2D eigenvalue weighted by atomic mass is 32.1. The molecule has 0 atom stereocenters. The molecule has 0 amide bonds. The van der Waals surface area contributed by atoms with Crippen LogP contribution in [0.2, 0.25) is 0 Å². The molecule has 0 unspecified atom stereocenters. The van der Waals surface area contributed by atoms with Crippen molar-refractivity contribution in [3.63, 3.8) is 0 Å². The highest BCUT2D eigenvalue weighted by molar-refractivity contribution is 7.16. The fraction of sp³-hybridized carbons (Fsp3) is 0.273. The lowest BCUT2D eigenvalue weighted by Crippen LogP contribution is -2.18. The zero-order chi connectivity index (χ0) is 20.5. The molecule has 0 aliphatic heterocycles. The Morgan fingerprint density at radius 1 is 0.931 bits per heavy atom. The highest BCUT2D eigenvalue weighted by Crippen LogP contribution is 2.26. The van der Waals surface area contributed by atoms with Crippen molar-refractivity contribution >= 4 is 33.8 Å². The summed E-state index contributed by atoms with van der Waals surface area (Å²) in [5, 5.41) is 6.85. The predicted molar refractivity (Wildman–Crippen MR) is 114 cm³/mol. The fourth-order valence-electron chi connectivity index (χ4n) is 2.60. The van der Waals surface area contributed by atoms with Gasteiger partial charge in [0.25, 0.3) is 0 Å². The van der Waals surface area contributed by atoms with Gasteiger partial charge in [0, 0.05) is 0 Å². The normalized spacial score (nSPS) is 11.3. The molecule has 0 aliphatic carbocycles. The average Bonchev–Trinajstić information content (AvgIpc) is 3.20. The topological polar surface area (TPSA) is 66.4 Å². The van der Waals surface area contributed by atoms with Crippen molar-refractivity contribution in [2.75, 3.05) is 26.4 Å². The number of hydrogen-bond acceptors (Lipinski definition) is 7. The standard InChI is InChI=1S/C22H23NO5S/c1-3-25-22(24)21(23-28-4-2)19-11-12-20(29-19)27-14-13-26-18-10-9-16-7-5-6-8-17(16)15-18/h5-12,15H,3-4,13-14H2,1-2H3. The van der Waals surface area contributed by atoms with Gasteiger partial charge in [0.2, 0.25) is 5.71 Å². The fourth-order valence-corrected chi connectivity index (χ4v) is 3.44. The second kappa shape index (κ2) is 10.5. The Balaban J connectivity index is 1.54. The number of esters is 1. The van der Waals surface area contributed by atoms with Crippen LogP contribution in [0.3, 0.4) is 0 Å². The van der Waals surface area contributed by atoms with Gasteiger partial charge in [-0.25, -0.2) is 4.79 Å². The third kappa shape index (κ3) is 5.71. The first kappa shape index (κ1) is 20.7. The quantitative estimate of drug-likeness (QED) is 0.209. The predicted octanol–water partition coefficient (Wildman–Crippen LogP) is 4.66. The summed E-state index contributed by atoms with van der Waals surface area (Å²) in [5.41, 5.74) is 0.140. The van der Waals surface area contributed by atoms with Crippen molar-refractivity contribution < 1.29 is 23.8 Å². The molecule has 7 heteroatoms. The van der Waals surface area contributed by atoms with E-state index in [2.05, 4.69) is 17.3 Å². The molecule has 152 valence electrons. The molecule has 0 saturated carbocycles. The van der Waals surface area contributed by atoms with Gasteiger partial charge in [0.1, 0.15) is 25.6 Å². The third-order valence-electron chi connectivity index (χ3n) is 3.89. The van der Waals surface area contributed by atoms with E-state index in [1.807, 2.05) is 30.3 Å². The van der Waals surface area contributed by atoms with E-state index in [4.69, 9.17) is 19.0 Å². The number of fused-ring (bicyclic) bond motifs is 1. The van der Waals surface area contributed by atoms with Gasteiger partial charge in [0.15, 0.2) is 5.06 Å². The molecule has 0 spiro atoms. The molecule has 0 saturated heterocycles. The van der Waals surface area contributed by atoms with Crippen LogP contribution in [-0.4, -0.2) is 38.1 Å². The first-order chi connectivity index (χ1) is 14.2. The third-order valence-corrected chi connectivity index (χ3v) is 4.89. The molecule has 6 nitrogen and oxygen atoms in total. The first-order valence-electron chi connectivity index (χ1n) is 9.43. The minimum absolute atomic E-state index is 0.140. The van der Waals surface area contributed by atoms with Crippen LogP contribution >= 0.6 is 11.3 Å². The van der Waals surface area contributed by atoms with E-state index < -0.39 is 5.97 Å². The second-order valence-corrected chi connectivity index (χ2v) is 6.95. The van der Waals surface area contributed by atoms with Crippen molar-refractivity contribution in [1.82, 2.24) is 0 Å². The lowest BCUT2D eigenvalue weighted by molar-refractivity contribution is -0.135. The zero-order valence-electron chi connectivity index (χ0n) is 16.4. The van der Waals surface area contributed by atoms with Gasteiger partial charge in [-0.15, -0.1) is 0 Å². The molecule has 0 aliphatic rings. The number of hydrogen-bond donors (Lipinski definition) is 0. The maximum atomic E-state index is 12.1. The lowest BCUT2D eigenvalue weighted by atomic mass is 10.1. The van der Waals surface area contributed by atoms with Gasteiger partial charge >= 0.3 is 5.97 Å². The van der Waals surface area contributed by atoms with Crippen LogP contribution in [0.1, 0.15) is 18.7 Å². The van der Waals surface area contributed by atoms with E-state index >= 15 is 0 Å². The van der Waals surface area contributed by atoms with Gasteiger partial charge in [0.05, 0.1) is 11.5 Å². The molecule has 1 heterocycles. The summed E-state index contributed by atoms with van der Waals surface area (Å²) in [6.45, 7) is 4.96. The van der Waals surface area contributed by atoms with Gasteiger partial charge < -0.3 is 19.0 Å². The summed E-state index contributed by atoms with van der Waals surface area (Å²) in [6.07, 6.45) is 0. The monoisotopic (exact) mass is 413 g/mol. The number of ether oxygens (including phenoxy) is 3. The van der Waals surface area contributed by atoms with Crippen LogP contribution in [0.5, 0.6) is 10.8 Å². The molecule has 0 N–H and O–H groups in total. The molecule has 29 heavy (non-hydrogen) atoms. The molecule has 3 rings (SSSR count). The molecule has 0 radical (unpaired) electrons. The van der Waals surface area contributed by atoms with Crippen molar-refractivity contribution in [2.45, 2.75) is 13.8 Å². The molecule has 0 bridgehead atoms. The minimum Gasteiger partial charge on any atom is -0.490 e. The van der Waals surface area contributed by atoms with Crippen LogP contribution in [0.15, 0.2) is 59.8 Å². The van der Waals surface area contributed by atoms with E-state index in [-0.39, 0.29) is 12.3 Å². The van der Waals surface area contributed by atoms with E-state index in [9.17, 15) is 4.79 Å². The van der Waals surface area contributed by atoms with Crippen LogP contribution < -0.4 is 9.47 Å². The van der Waals surface area contributed by atoms with E-state index in [0.717, 1.165) is 11.1 Å². The molecule has 0 fully saturated rings. The van der Waals surface area contributed by atoms with Gasteiger partial charge in [-0.1, -0.05) is 46.8 Å². The number of carbonyl (C=O) groups excluding carboxylic acids is 1. The Hall–Kier alpha value is -3.06. The van der Waals surface area contributed by atoms with Crippen LogP contribution in [-0.2, 0) is 14.4 Å². The van der Waals surface area contributed by atoms with Gasteiger partial charge in [-0.2, -0.15) is 0 Å². The Morgan fingerprint density at radius 2 is 1.72 bits per heavy atom. The van der Waals surface area contributed by atoms with Crippen molar-refractivity contribution in [2.24, 2.45) is 5.16 Å². The number of carbonyl (C=O) groups is 1. The summed E-state index contributed by atoms with van der Waals surface area (Å²) in [7, 11) is 0. The number of rotatable bonds is 10. The van der Waals surface area contributed by atoms with Crippen LogP contribution in [0.4, 0.5) is 0 Å². The number of nitrogens with zero attached hydrogens (tertiary/aromatic N) is 1. The summed E-state index contributed by atoms with van der Waals surface area (Å²) < 4.78 is 16.5. The van der Waals surface area contributed by atoms with Crippen LogP contribution in [0.25, 0.3) is 10.8 Å². The van der Waals surface area contributed by atoms with Gasteiger partial charge in [-0.05, 0) is 48.9 Å². The number of benzene rings is 2.